The van der Waals surface area contributed by atoms with Crippen LogP contribution < -0.4 is 15.4 Å². The molecule has 0 spiro atoms. The van der Waals surface area contributed by atoms with E-state index in [0.29, 0.717) is 12.1 Å². The van der Waals surface area contributed by atoms with Crippen molar-refractivity contribution in [2.75, 3.05) is 7.11 Å². The van der Waals surface area contributed by atoms with E-state index >= 15 is 0 Å². The lowest BCUT2D eigenvalue weighted by atomic mass is 10.0. The van der Waals surface area contributed by atoms with Crippen molar-refractivity contribution >= 4 is 11.8 Å². The van der Waals surface area contributed by atoms with Gasteiger partial charge in [0.15, 0.2) is 0 Å². The lowest BCUT2D eigenvalue weighted by Gasteiger charge is -2.22. The second kappa shape index (κ2) is 9.04. The van der Waals surface area contributed by atoms with Gasteiger partial charge in [0.25, 0.3) is 5.91 Å². The SMILES string of the molecule is COc1ccc(CNC(=O)C(NC(=O)c2ccccc2C)C(C)C)cc1. The van der Waals surface area contributed by atoms with E-state index in [-0.39, 0.29) is 17.7 Å². The summed E-state index contributed by atoms with van der Waals surface area (Å²) in [6.45, 7) is 6.10. The highest BCUT2D eigenvalue weighted by Gasteiger charge is 2.24. The molecule has 0 aromatic heterocycles. The first kappa shape index (κ1) is 19.5. The topological polar surface area (TPSA) is 67.4 Å². The highest BCUT2D eigenvalue weighted by atomic mass is 16.5. The van der Waals surface area contributed by atoms with Crippen molar-refractivity contribution in [3.63, 3.8) is 0 Å². The minimum Gasteiger partial charge on any atom is -0.497 e. The van der Waals surface area contributed by atoms with Crippen LogP contribution in [0.1, 0.15) is 35.3 Å². The summed E-state index contributed by atoms with van der Waals surface area (Å²) in [7, 11) is 1.61. The molecule has 0 fully saturated rings. The van der Waals surface area contributed by atoms with Gasteiger partial charge in [-0.1, -0.05) is 44.2 Å². The molecule has 2 aromatic carbocycles. The van der Waals surface area contributed by atoms with Gasteiger partial charge >= 0.3 is 0 Å². The minimum atomic E-state index is -0.597. The molecule has 0 radical (unpaired) electrons. The predicted octanol–water partition coefficient (Wildman–Crippen LogP) is 3.07. The van der Waals surface area contributed by atoms with Gasteiger partial charge in [0.1, 0.15) is 11.8 Å². The number of ether oxygens (including phenoxy) is 1. The summed E-state index contributed by atoms with van der Waals surface area (Å²) in [5.74, 6) is 0.309. The van der Waals surface area contributed by atoms with Gasteiger partial charge in [-0.25, -0.2) is 0 Å². The quantitative estimate of drug-likeness (QED) is 0.803. The molecule has 0 aliphatic rings. The predicted molar refractivity (Wildman–Crippen MR) is 102 cm³/mol. The van der Waals surface area contributed by atoms with Gasteiger partial charge in [-0.15, -0.1) is 0 Å². The molecule has 0 heterocycles. The number of hydrogen-bond acceptors (Lipinski definition) is 3. The summed E-state index contributed by atoms with van der Waals surface area (Å²) >= 11 is 0. The van der Waals surface area contributed by atoms with Crippen LogP contribution in [0.15, 0.2) is 48.5 Å². The van der Waals surface area contributed by atoms with Gasteiger partial charge in [-0.2, -0.15) is 0 Å². The molecule has 2 N–H and O–H groups in total. The van der Waals surface area contributed by atoms with Crippen LogP contribution in [0.5, 0.6) is 5.75 Å². The first-order valence-electron chi connectivity index (χ1n) is 8.69. The summed E-state index contributed by atoms with van der Waals surface area (Å²) in [4.78, 5) is 25.1. The maximum atomic E-state index is 12.6. The second-order valence-electron chi connectivity index (χ2n) is 6.58. The Hall–Kier alpha value is -2.82. The van der Waals surface area contributed by atoms with Crippen molar-refractivity contribution in [2.45, 2.75) is 33.4 Å². The zero-order chi connectivity index (χ0) is 19.1. The number of hydrogen-bond donors (Lipinski definition) is 2. The highest BCUT2D eigenvalue weighted by molar-refractivity contribution is 5.98. The summed E-state index contributed by atoms with van der Waals surface area (Å²) in [5.41, 5.74) is 2.43. The average molecular weight is 354 g/mol. The smallest absolute Gasteiger partial charge is 0.252 e. The van der Waals surface area contributed by atoms with Crippen molar-refractivity contribution in [1.29, 1.82) is 0 Å². The maximum absolute atomic E-state index is 12.6. The fourth-order valence-electron chi connectivity index (χ4n) is 2.62. The molecular weight excluding hydrogens is 328 g/mol. The van der Waals surface area contributed by atoms with E-state index in [1.807, 2.05) is 63.2 Å². The number of benzene rings is 2. The van der Waals surface area contributed by atoms with Crippen LogP contribution in [-0.4, -0.2) is 25.0 Å². The summed E-state index contributed by atoms with van der Waals surface area (Å²) in [6, 6.07) is 14.2. The number of aryl methyl sites for hydroxylation is 1. The van der Waals surface area contributed by atoms with Crippen LogP contribution in [0.25, 0.3) is 0 Å². The standard InChI is InChI=1S/C21H26N2O3/c1-14(2)19(23-20(24)18-8-6-5-7-15(18)3)21(25)22-13-16-9-11-17(26-4)12-10-16/h5-12,14,19H,13H2,1-4H3,(H,22,25)(H,23,24). The van der Waals surface area contributed by atoms with E-state index in [9.17, 15) is 9.59 Å². The van der Waals surface area contributed by atoms with Crippen molar-refractivity contribution in [3.8, 4) is 5.75 Å². The van der Waals surface area contributed by atoms with Crippen LogP contribution >= 0.6 is 0 Å². The van der Waals surface area contributed by atoms with Crippen molar-refractivity contribution in [2.24, 2.45) is 5.92 Å². The van der Waals surface area contributed by atoms with Crippen molar-refractivity contribution < 1.29 is 14.3 Å². The summed E-state index contributed by atoms with van der Waals surface area (Å²) < 4.78 is 5.13. The van der Waals surface area contributed by atoms with Gasteiger partial charge in [-0.3, -0.25) is 9.59 Å². The molecule has 0 saturated heterocycles. The molecule has 5 nitrogen and oxygen atoms in total. The number of amides is 2. The zero-order valence-electron chi connectivity index (χ0n) is 15.7. The third-order valence-corrected chi connectivity index (χ3v) is 4.25. The Kier molecular flexibility index (Phi) is 6.78. The Balaban J connectivity index is 2.00. The number of carbonyl (C=O) groups excluding carboxylic acids is 2. The molecule has 138 valence electrons. The fraction of sp³-hybridized carbons (Fsp3) is 0.333. The van der Waals surface area contributed by atoms with E-state index < -0.39 is 6.04 Å². The Labute approximate surface area is 154 Å². The molecule has 1 atom stereocenters. The summed E-state index contributed by atoms with van der Waals surface area (Å²) in [5, 5.41) is 5.75. The van der Waals surface area contributed by atoms with E-state index in [1.54, 1.807) is 13.2 Å². The molecular formula is C21H26N2O3. The first-order valence-corrected chi connectivity index (χ1v) is 8.69. The monoisotopic (exact) mass is 354 g/mol. The molecule has 26 heavy (non-hydrogen) atoms. The zero-order valence-corrected chi connectivity index (χ0v) is 15.7. The second-order valence-corrected chi connectivity index (χ2v) is 6.58. The van der Waals surface area contributed by atoms with Crippen molar-refractivity contribution in [3.05, 3.63) is 65.2 Å². The molecule has 0 bridgehead atoms. The Morgan fingerprint density at radius 1 is 1.04 bits per heavy atom. The van der Waals surface area contributed by atoms with E-state index in [4.69, 9.17) is 4.74 Å². The van der Waals surface area contributed by atoms with Gasteiger partial charge in [0.2, 0.25) is 5.91 Å². The highest BCUT2D eigenvalue weighted by Crippen LogP contribution is 2.12. The molecule has 0 aliphatic heterocycles. The van der Waals surface area contributed by atoms with E-state index in [1.165, 1.54) is 0 Å². The number of methoxy groups -OCH3 is 1. The van der Waals surface area contributed by atoms with Gasteiger partial charge in [0.05, 0.1) is 7.11 Å². The van der Waals surface area contributed by atoms with E-state index in [2.05, 4.69) is 10.6 Å². The molecule has 5 heteroatoms. The lowest BCUT2D eigenvalue weighted by Crippen LogP contribution is -2.49. The molecule has 2 rings (SSSR count). The fourth-order valence-corrected chi connectivity index (χ4v) is 2.62. The number of nitrogens with one attached hydrogen (secondary N) is 2. The van der Waals surface area contributed by atoms with Crippen LogP contribution in [0.2, 0.25) is 0 Å². The number of carbonyl (C=O) groups is 2. The normalized spacial score (nSPS) is 11.7. The number of rotatable bonds is 7. The largest absolute Gasteiger partial charge is 0.497 e. The van der Waals surface area contributed by atoms with Gasteiger partial charge in [0, 0.05) is 12.1 Å². The van der Waals surface area contributed by atoms with Crippen molar-refractivity contribution in [1.82, 2.24) is 10.6 Å². The minimum absolute atomic E-state index is 0.0289. The molecule has 2 aromatic rings. The van der Waals surface area contributed by atoms with Crippen LogP contribution in [0.3, 0.4) is 0 Å². The van der Waals surface area contributed by atoms with Crippen LogP contribution in [-0.2, 0) is 11.3 Å². The molecule has 1 unspecified atom stereocenters. The molecule has 0 saturated carbocycles. The Morgan fingerprint density at radius 3 is 2.27 bits per heavy atom. The third-order valence-electron chi connectivity index (χ3n) is 4.25. The Bertz CT molecular complexity index is 754. The average Bonchev–Trinajstić information content (AvgIpc) is 2.64. The molecule has 0 aliphatic carbocycles. The first-order chi connectivity index (χ1) is 12.4. The van der Waals surface area contributed by atoms with Crippen LogP contribution in [0, 0.1) is 12.8 Å². The third kappa shape index (κ3) is 5.09. The van der Waals surface area contributed by atoms with Gasteiger partial charge in [-0.05, 0) is 42.2 Å². The Morgan fingerprint density at radius 2 is 1.69 bits per heavy atom. The summed E-state index contributed by atoms with van der Waals surface area (Å²) in [6.07, 6.45) is 0. The van der Waals surface area contributed by atoms with E-state index in [0.717, 1.165) is 16.9 Å². The maximum Gasteiger partial charge on any atom is 0.252 e. The van der Waals surface area contributed by atoms with Crippen LogP contribution in [0.4, 0.5) is 0 Å². The lowest BCUT2D eigenvalue weighted by molar-refractivity contribution is -0.124. The molecule has 2 amide bonds. The van der Waals surface area contributed by atoms with Gasteiger partial charge < -0.3 is 15.4 Å².